The quantitative estimate of drug-likeness (QED) is 0.761. The summed E-state index contributed by atoms with van der Waals surface area (Å²) in [6.45, 7) is 1.81. The van der Waals surface area contributed by atoms with Gasteiger partial charge in [0.25, 0.3) is 0 Å². The van der Waals surface area contributed by atoms with Crippen LogP contribution in [0.1, 0.15) is 18.9 Å². The average molecular weight is 281 g/mol. The van der Waals surface area contributed by atoms with Gasteiger partial charge in [-0.2, -0.15) is 0 Å². The van der Waals surface area contributed by atoms with Crippen LogP contribution >= 0.6 is 0 Å². The summed E-state index contributed by atoms with van der Waals surface area (Å²) in [5.41, 5.74) is 0.872. The standard InChI is InChI=1S/C14H19NO5/c1-9-12(16)7-11(13(17)20-9)15-14(18)19-8-10-5-3-2-4-6-10/h2-6,9,11-13,16-17H,7-8H2,1H3,(H,15,18)/t9-,11-,12+,13+/m1/s1. The van der Waals surface area contributed by atoms with Crippen molar-refractivity contribution in [2.45, 2.75) is 44.5 Å². The summed E-state index contributed by atoms with van der Waals surface area (Å²) in [7, 11) is 0. The Bertz CT molecular complexity index is 438. The first-order valence-electron chi connectivity index (χ1n) is 6.55. The Balaban J connectivity index is 1.79. The number of amides is 1. The Kier molecular flexibility index (Phi) is 4.94. The first-order chi connectivity index (χ1) is 9.56. The molecule has 2 rings (SSSR count). The molecule has 0 bridgehead atoms. The van der Waals surface area contributed by atoms with Crippen molar-refractivity contribution in [1.82, 2.24) is 5.32 Å². The molecule has 20 heavy (non-hydrogen) atoms. The maximum Gasteiger partial charge on any atom is 0.407 e. The number of alkyl carbamates (subject to hydrolysis) is 1. The largest absolute Gasteiger partial charge is 0.445 e. The minimum atomic E-state index is -1.14. The van der Waals surface area contributed by atoms with Crippen LogP contribution in [0.4, 0.5) is 4.79 Å². The fraction of sp³-hybridized carbons (Fsp3) is 0.500. The summed E-state index contributed by atoms with van der Waals surface area (Å²) in [6, 6.07) is 8.60. The number of ether oxygens (including phenoxy) is 2. The molecule has 1 aromatic carbocycles. The number of carbonyl (C=O) groups is 1. The van der Waals surface area contributed by atoms with E-state index in [1.54, 1.807) is 6.92 Å². The molecule has 4 atom stereocenters. The van der Waals surface area contributed by atoms with Crippen molar-refractivity contribution in [2.24, 2.45) is 0 Å². The molecule has 1 fully saturated rings. The number of benzene rings is 1. The number of aliphatic hydroxyl groups is 2. The predicted octanol–water partition coefficient (Wildman–Crippen LogP) is 0.769. The molecule has 1 heterocycles. The molecule has 1 aliphatic rings. The lowest BCUT2D eigenvalue weighted by molar-refractivity contribution is -0.206. The van der Waals surface area contributed by atoms with Gasteiger partial charge < -0.3 is 25.0 Å². The van der Waals surface area contributed by atoms with Gasteiger partial charge in [0.1, 0.15) is 6.61 Å². The highest BCUT2D eigenvalue weighted by atomic mass is 16.6. The monoisotopic (exact) mass is 281 g/mol. The summed E-state index contributed by atoms with van der Waals surface area (Å²) in [4.78, 5) is 11.6. The van der Waals surface area contributed by atoms with Gasteiger partial charge in [0.15, 0.2) is 6.29 Å². The van der Waals surface area contributed by atoms with Crippen molar-refractivity contribution in [3.05, 3.63) is 35.9 Å². The van der Waals surface area contributed by atoms with Gasteiger partial charge in [-0.1, -0.05) is 30.3 Å². The second-order valence-electron chi connectivity index (χ2n) is 4.85. The number of hydrogen-bond acceptors (Lipinski definition) is 5. The maximum absolute atomic E-state index is 11.6. The Morgan fingerprint density at radius 3 is 2.80 bits per heavy atom. The second kappa shape index (κ2) is 6.69. The van der Waals surface area contributed by atoms with E-state index in [4.69, 9.17) is 9.47 Å². The van der Waals surface area contributed by atoms with Gasteiger partial charge in [0.05, 0.1) is 18.2 Å². The van der Waals surface area contributed by atoms with Crippen LogP contribution in [0.3, 0.4) is 0 Å². The summed E-state index contributed by atoms with van der Waals surface area (Å²) in [6.07, 6.45) is -2.75. The van der Waals surface area contributed by atoms with E-state index < -0.39 is 30.6 Å². The molecule has 6 nitrogen and oxygen atoms in total. The SMILES string of the molecule is C[C@H]1O[C@H](O)[C@H](NC(=O)OCc2ccccc2)C[C@@H]1O. The zero-order valence-electron chi connectivity index (χ0n) is 11.2. The summed E-state index contributed by atoms with van der Waals surface area (Å²) in [5, 5.41) is 21.8. The van der Waals surface area contributed by atoms with Crippen LogP contribution in [0.5, 0.6) is 0 Å². The van der Waals surface area contributed by atoms with E-state index in [1.807, 2.05) is 30.3 Å². The molecule has 110 valence electrons. The number of rotatable bonds is 3. The molecule has 0 spiro atoms. The third-order valence-electron chi connectivity index (χ3n) is 3.25. The van der Waals surface area contributed by atoms with E-state index in [0.717, 1.165) is 5.56 Å². The first-order valence-corrected chi connectivity index (χ1v) is 6.55. The summed E-state index contributed by atoms with van der Waals surface area (Å²) >= 11 is 0. The molecule has 0 aromatic heterocycles. The van der Waals surface area contributed by atoms with Crippen LogP contribution < -0.4 is 5.32 Å². The molecular weight excluding hydrogens is 262 g/mol. The normalized spacial score (nSPS) is 29.8. The molecule has 1 aliphatic heterocycles. The molecular formula is C14H19NO5. The lowest BCUT2D eigenvalue weighted by Gasteiger charge is -2.35. The van der Waals surface area contributed by atoms with E-state index >= 15 is 0 Å². The van der Waals surface area contributed by atoms with Crippen molar-refractivity contribution in [1.29, 1.82) is 0 Å². The average Bonchev–Trinajstić information content (AvgIpc) is 2.44. The Labute approximate surface area is 117 Å². The Morgan fingerprint density at radius 2 is 2.10 bits per heavy atom. The lowest BCUT2D eigenvalue weighted by Crippen LogP contribution is -2.53. The minimum absolute atomic E-state index is 0.148. The molecule has 0 unspecified atom stereocenters. The third kappa shape index (κ3) is 3.93. The second-order valence-corrected chi connectivity index (χ2v) is 4.85. The minimum Gasteiger partial charge on any atom is -0.445 e. The molecule has 0 aliphatic carbocycles. The molecule has 3 N–H and O–H groups in total. The highest BCUT2D eigenvalue weighted by Gasteiger charge is 2.35. The van der Waals surface area contributed by atoms with Crippen LogP contribution in [-0.2, 0) is 16.1 Å². The fourth-order valence-electron chi connectivity index (χ4n) is 2.02. The number of carbonyl (C=O) groups excluding carboxylic acids is 1. The highest BCUT2D eigenvalue weighted by molar-refractivity contribution is 5.67. The zero-order valence-corrected chi connectivity index (χ0v) is 11.2. The van der Waals surface area contributed by atoms with E-state index in [1.165, 1.54) is 0 Å². The topological polar surface area (TPSA) is 88.0 Å². The van der Waals surface area contributed by atoms with Gasteiger partial charge in [-0.25, -0.2) is 4.79 Å². The summed E-state index contributed by atoms with van der Waals surface area (Å²) < 4.78 is 10.2. The van der Waals surface area contributed by atoms with Crippen LogP contribution in [-0.4, -0.2) is 40.8 Å². The molecule has 1 saturated heterocycles. The Morgan fingerprint density at radius 1 is 1.40 bits per heavy atom. The first kappa shape index (κ1) is 14.8. The number of nitrogens with one attached hydrogen (secondary N) is 1. The van der Waals surface area contributed by atoms with Crippen molar-refractivity contribution >= 4 is 6.09 Å². The van der Waals surface area contributed by atoms with Gasteiger partial charge in [-0.3, -0.25) is 0 Å². The van der Waals surface area contributed by atoms with Gasteiger partial charge in [-0.05, 0) is 12.5 Å². The summed E-state index contributed by atoms with van der Waals surface area (Å²) in [5.74, 6) is 0. The van der Waals surface area contributed by atoms with E-state index in [2.05, 4.69) is 5.32 Å². The van der Waals surface area contributed by atoms with E-state index in [0.29, 0.717) is 0 Å². The molecule has 1 amide bonds. The molecule has 0 saturated carbocycles. The maximum atomic E-state index is 11.6. The highest BCUT2D eigenvalue weighted by Crippen LogP contribution is 2.18. The molecule has 0 radical (unpaired) electrons. The van der Waals surface area contributed by atoms with Crippen molar-refractivity contribution in [3.63, 3.8) is 0 Å². The fourth-order valence-corrected chi connectivity index (χ4v) is 2.02. The van der Waals surface area contributed by atoms with Gasteiger partial charge in [0, 0.05) is 6.42 Å². The number of aliphatic hydroxyl groups excluding tert-OH is 2. The van der Waals surface area contributed by atoms with Crippen molar-refractivity contribution in [2.75, 3.05) is 0 Å². The van der Waals surface area contributed by atoms with Crippen LogP contribution in [0.2, 0.25) is 0 Å². The van der Waals surface area contributed by atoms with Crippen molar-refractivity contribution in [3.8, 4) is 0 Å². The van der Waals surface area contributed by atoms with Crippen molar-refractivity contribution < 1.29 is 24.5 Å². The molecule has 1 aromatic rings. The van der Waals surface area contributed by atoms with Gasteiger partial charge in [0.2, 0.25) is 0 Å². The van der Waals surface area contributed by atoms with Crippen LogP contribution in [0.15, 0.2) is 30.3 Å². The number of hydrogen-bond donors (Lipinski definition) is 3. The zero-order chi connectivity index (χ0) is 14.5. The van der Waals surface area contributed by atoms with E-state index in [-0.39, 0.29) is 13.0 Å². The van der Waals surface area contributed by atoms with Gasteiger partial charge in [-0.15, -0.1) is 0 Å². The lowest BCUT2D eigenvalue weighted by atomic mass is 10.0. The van der Waals surface area contributed by atoms with Gasteiger partial charge >= 0.3 is 6.09 Å². The Hall–Kier alpha value is -1.63. The predicted molar refractivity (Wildman–Crippen MR) is 70.7 cm³/mol. The smallest absolute Gasteiger partial charge is 0.407 e. The third-order valence-corrected chi connectivity index (χ3v) is 3.25. The van der Waals surface area contributed by atoms with E-state index in [9.17, 15) is 15.0 Å². The van der Waals surface area contributed by atoms with Crippen LogP contribution in [0, 0.1) is 0 Å². The molecule has 6 heteroatoms. The van der Waals surface area contributed by atoms with Crippen LogP contribution in [0.25, 0.3) is 0 Å².